The highest BCUT2D eigenvalue weighted by Crippen LogP contribution is 2.12. The van der Waals surface area contributed by atoms with Crippen LogP contribution in [0.25, 0.3) is 0 Å². The molecule has 1 atom stereocenters. The highest BCUT2D eigenvalue weighted by molar-refractivity contribution is 6.30. The van der Waals surface area contributed by atoms with E-state index >= 15 is 0 Å². The summed E-state index contributed by atoms with van der Waals surface area (Å²) in [6.45, 7) is 3.77. The number of halogens is 1. The lowest BCUT2D eigenvalue weighted by molar-refractivity contribution is 0.0934. The molecule has 3 N–H and O–H groups in total. The standard InChI is InChI=1S/C11H13ClN4O/c1-6-4-14-10(15-6)7(2)16-11(17)9-3-8(12)5-13-9/h3-5,7,13H,1-2H3,(H,14,15)(H,16,17)/t7-/m0/s1. The van der Waals surface area contributed by atoms with E-state index in [0.29, 0.717) is 10.7 Å². The first-order chi connectivity index (χ1) is 8.06. The minimum absolute atomic E-state index is 0.182. The number of nitrogens with one attached hydrogen (secondary N) is 3. The largest absolute Gasteiger partial charge is 0.356 e. The van der Waals surface area contributed by atoms with Gasteiger partial charge >= 0.3 is 0 Å². The summed E-state index contributed by atoms with van der Waals surface area (Å²) in [6.07, 6.45) is 3.29. The third-order valence-corrected chi connectivity index (χ3v) is 2.59. The molecule has 2 rings (SSSR count). The Morgan fingerprint density at radius 3 is 2.88 bits per heavy atom. The fraction of sp³-hybridized carbons (Fsp3) is 0.273. The van der Waals surface area contributed by atoms with Crippen LogP contribution in [0.3, 0.4) is 0 Å². The molecule has 0 aliphatic heterocycles. The van der Waals surface area contributed by atoms with E-state index in [-0.39, 0.29) is 11.9 Å². The predicted octanol–water partition coefficient (Wildman–Crippen LogP) is 2.19. The molecule has 0 unspecified atom stereocenters. The van der Waals surface area contributed by atoms with Gasteiger partial charge in [-0.2, -0.15) is 0 Å². The molecule has 0 aliphatic rings. The number of aromatic nitrogens is 3. The van der Waals surface area contributed by atoms with Crippen molar-refractivity contribution in [1.82, 2.24) is 20.3 Å². The second kappa shape index (κ2) is 4.63. The Balaban J connectivity index is 2.04. The molecule has 0 bridgehead atoms. The van der Waals surface area contributed by atoms with Crippen molar-refractivity contribution >= 4 is 17.5 Å². The van der Waals surface area contributed by atoms with Gasteiger partial charge in [0.2, 0.25) is 0 Å². The maximum absolute atomic E-state index is 11.8. The second-order valence-electron chi connectivity index (χ2n) is 3.88. The number of imidazole rings is 1. The van der Waals surface area contributed by atoms with Crippen LogP contribution in [0.4, 0.5) is 0 Å². The molecule has 6 heteroatoms. The topological polar surface area (TPSA) is 73.6 Å². The number of rotatable bonds is 3. The molecule has 0 radical (unpaired) electrons. The zero-order chi connectivity index (χ0) is 12.4. The molecule has 90 valence electrons. The zero-order valence-electron chi connectivity index (χ0n) is 9.54. The van der Waals surface area contributed by atoms with Crippen molar-refractivity contribution in [2.75, 3.05) is 0 Å². The molecule has 0 fully saturated rings. The van der Waals surface area contributed by atoms with E-state index in [1.165, 1.54) is 0 Å². The first-order valence-corrected chi connectivity index (χ1v) is 5.60. The number of nitrogens with zero attached hydrogens (tertiary/aromatic N) is 1. The van der Waals surface area contributed by atoms with E-state index in [1.807, 2.05) is 13.8 Å². The molecule has 17 heavy (non-hydrogen) atoms. The summed E-state index contributed by atoms with van der Waals surface area (Å²) >= 11 is 5.73. The van der Waals surface area contributed by atoms with Crippen LogP contribution in [0.2, 0.25) is 5.02 Å². The fourth-order valence-corrected chi connectivity index (χ4v) is 1.66. The van der Waals surface area contributed by atoms with Gasteiger partial charge in [0.05, 0.1) is 11.1 Å². The molecular formula is C11H13ClN4O. The third-order valence-electron chi connectivity index (χ3n) is 2.37. The summed E-state index contributed by atoms with van der Waals surface area (Å²) in [4.78, 5) is 21.8. The Kier molecular flexibility index (Phi) is 3.19. The SMILES string of the molecule is Cc1cnc([C@H](C)NC(=O)c2cc(Cl)c[nH]2)[nH]1. The molecule has 2 heterocycles. The quantitative estimate of drug-likeness (QED) is 0.783. The molecule has 0 aliphatic carbocycles. The van der Waals surface area contributed by atoms with Crippen molar-refractivity contribution in [3.05, 3.63) is 40.7 Å². The minimum Gasteiger partial charge on any atom is -0.356 e. The highest BCUT2D eigenvalue weighted by atomic mass is 35.5. The number of aryl methyl sites for hydroxylation is 1. The van der Waals surface area contributed by atoms with Crippen LogP contribution < -0.4 is 5.32 Å². The van der Waals surface area contributed by atoms with Crippen LogP contribution in [-0.2, 0) is 0 Å². The first kappa shape index (κ1) is 11.7. The molecular weight excluding hydrogens is 240 g/mol. The van der Waals surface area contributed by atoms with Gasteiger partial charge in [-0.3, -0.25) is 4.79 Å². The van der Waals surface area contributed by atoms with Crippen LogP contribution in [-0.4, -0.2) is 20.9 Å². The van der Waals surface area contributed by atoms with Crippen LogP contribution in [0.15, 0.2) is 18.5 Å². The lowest BCUT2D eigenvalue weighted by Crippen LogP contribution is -2.27. The lowest BCUT2D eigenvalue weighted by Gasteiger charge is -2.10. The number of hydrogen-bond donors (Lipinski definition) is 3. The van der Waals surface area contributed by atoms with Gasteiger partial charge in [-0.25, -0.2) is 4.98 Å². The van der Waals surface area contributed by atoms with Gasteiger partial charge in [0, 0.05) is 18.1 Å². The average Bonchev–Trinajstić information content (AvgIpc) is 2.87. The molecule has 0 aromatic carbocycles. The normalized spacial score (nSPS) is 12.4. The number of amides is 1. The van der Waals surface area contributed by atoms with Gasteiger partial charge in [0.25, 0.3) is 5.91 Å². The Bertz CT molecular complexity index is 531. The van der Waals surface area contributed by atoms with Crippen molar-refractivity contribution in [3.8, 4) is 0 Å². The monoisotopic (exact) mass is 252 g/mol. The zero-order valence-corrected chi connectivity index (χ0v) is 10.3. The van der Waals surface area contributed by atoms with Gasteiger partial charge in [-0.05, 0) is 19.9 Å². The van der Waals surface area contributed by atoms with Crippen molar-refractivity contribution in [2.24, 2.45) is 0 Å². The summed E-state index contributed by atoms with van der Waals surface area (Å²) in [5.74, 6) is 0.520. The van der Waals surface area contributed by atoms with Crippen LogP contribution >= 0.6 is 11.6 Å². The Morgan fingerprint density at radius 2 is 2.35 bits per heavy atom. The smallest absolute Gasteiger partial charge is 0.268 e. The maximum Gasteiger partial charge on any atom is 0.268 e. The van der Waals surface area contributed by atoms with Crippen molar-refractivity contribution < 1.29 is 4.79 Å². The van der Waals surface area contributed by atoms with E-state index < -0.39 is 0 Å². The molecule has 0 saturated carbocycles. The summed E-state index contributed by atoms with van der Waals surface area (Å²) in [5.41, 5.74) is 1.40. The van der Waals surface area contributed by atoms with Crippen LogP contribution in [0.1, 0.15) is 35.0 Å². The van der Waals surface area contributed by atoms with Crippen molar-refractivity contribution in [1.29, 1.82) is 0 Å². The van der Waals surface area contributed by atoms with Gasteiger partial charge in [0.15, 0.2) is 0 Å². The summed E-state index contributed by atoms with van der Waals surface area (Å²) < 4.78 is 0. The van der Waals surface area contributed by atoms with E-state index in [1.54, 1.807) is 18.5 Å². The molecule has 0 spiro atoms. The third kappa shape index (κ3) is 2.68. The minimum atomic E-state index is -0.210. The first-order valence-electron chi connectivity index (χ1n) is 5.22. The summed E-state index contributed by atoms with van der Waals surface area (Å²) in [5, 5.41) is 3.33. The number of carbonyl (C=O) groups is 1. The number of H-pyrrole nitrogens is 2. The Hall–Kier alpha value is -1.75. The Morgan fingerprint density at radius 1 is 1.59 bits per heavy atom. The molecule has 1 amide bonds. The van der Waals surface area contributed by atoms with E-state index in [9.17, 15) is 4.79 Å². The fourth-order valence-electron chi connectivity index (χ4n) is 1.49. The number of aromatic amines is 2. The molecule has 2 aromatic heterocycles. The van der Waals surface area contributed by atoms with E-state index in [4.69, 9.17) is 11.6 Å². The van der Waals surface area contributed by atoms with Gasteiger partial charge < -0.3 is 15.3 Å². The summed E-state index contributed by atoms with van der Waals surface area (Å²) in [6, 6.07) is 1.40. The molecule has 5 nitrogen and oxygen atoms in total. The predicted molar refractivity (Wildman–Crippen MR) is 65.0 cm³/mol. The van der Waals surface area contributed by atoms with E-state index in [0.717, 1.165) is 11.5 Å². The second-order valence-corrected chi connectivity index (χ2v) is 4.31. The van der Waals surface area contributed by atoms with E-state index in [2.05, 4.69) is 20.3 Å². The van der Waals surface area contributed by atoms with Gasteiger partial charge in [0.1, 0.15) is 11.5 Å². The number of hydrogen-bond acceptors (Lipinski definition) is 2. The van der Waals surface area contributed by atoms with Crippen LogP contribution in [0.5, 0.6) is 0 Å². The van der Waals surface area contributed by atoms with Gasteiger partial charge in [-0.15, -0.1) is 0 Å². The number of carbonyl (C=O) groups excluding carboxylic acids is 1. The van der Waals surface area contributed by atoms with Crippen LogP contribution in [0, 0.1) is 6.92 Å². The highest BCUT2D eigenvalue weighted by Gasteiger charge is 2.14. The lowest BCUT2D eigenvalue weighted by atomic mass is 10.3. The average molecular weight is 253 g/mol. The van der Waals surface area contributed by atoms with Crippen molar-refractivity contribution in [3.63, 3.8) is 0 Å². The van der Waals surface area contributed by atoms with Gasteiger partial charge in [-0.1, -0.05) is 11.6 Å². The Labute approximate surface area is 104 Å². The molecule has 0 saturated heterocycles. The molecule has 2 aromatic rings. The maximum atomic E-state index is 11.8. The summed E-state index contributed by atoms with van der Waals surface area (Å²) in [7, 11) is 0. The van der Waals surface area contributed by atoms with Crippen molar-refractivity contribution in [2.45, 2.75) is 19.9 Å².